The lowest BCUT2D eigenvalue weighted by Crippen LogP contribution is -2.40. The number of halogens is 1. The van der Waals surface area contributed by atoms with Crippen LogP contribution in [0.3, 0.4) is 0 Å². The highest BCUT2D eigenvalue weighted by Crippen LogP contribution is 2.34. The summed E-state index contributed by atoms with van der Waals surface area (Å²) in [7, 11) is 0. The Morgan fingerprint density at radius 2 is 2.00 bits per heavy atom. The third kappa shape index (κ3) is 2.75. The van der Waals surface area contributed by atoms with Gasteiger partial charge in [0.1, 0.15) is 0 Å². The van der Waals surface area contributed by atoms with Crippen LogP contribution in [0.5, 0.6) is 0 Å². The second kappa shape index (κ2) is 3.44. The Kier molecular flexibility index (Phi) is 2.98. The summed E-state index contributed by atoms with van der Waals surface area (Å²) in [6.07, 6.45) is 3.08. The van der Waals surface area contributed by atoms with E-state index in [0.717, 1.165) is 11.2 Å². The van der Waals surface area contributed by atoms with Crippen LogP contribution in [0.1, 0.15) is 33.6 Å². The van der Waals surface area contributed by atoms with E-state index in [1.807, 2.05) is 0 Å². The molecule has 0 aliphatic heterocycles. The molecule has 0 unspecified atom stereocenters. The van der Waals surface area contributed by atoms with Crippen molar-refractivity contribution in [3.8, 4) is 0 Å². The molecule has 11 heavy (non-hydrogen) atoms. The molecule has 1 aliphatic carbocycles. The molecule has 2 atom stereocenters. The van der Waals surface area contributed by atoms with E-state index in [9.17, 15) is 0 Å². The smallest absolute Gasteiger partial charge is 0.0618 e. The predicted molar refractivity (Wildman–Crippen MR) is 51.1 cm³/mol. The number of hydrogen-bond donors (Lipinski definition) is 0. The second-order valence-electron chi connectivity index (χ2n) is 4.26. The Balaban J connectivity index is 2.27. The van der Waals surface area contributed by atoms with Crippen LogP contribution in [-0.4, -0.2) is 17.0 Å². The van der Waals surface area contributed by atoms with Gasteiger partial charge in [0.05, 0.1) is 11.7 Å². The third-order valence-electron chi connectivity index (χ3n) is 2.05. The first kappa shape index (κ1) is 9.53. The highest BCUT2D eigenvalue weighted by atomic mass is 79.9. The van der Waals surface area contributed by atoms with Crippen molar-refractivity contribution in [3.63, 3.8) is 0 Å². The topological polar surface area (TPSA) is 9.23 Å². The molecular formula is C9H17BrO. The molecule has 2 heteroatoms. The summed E-state index contributed by atoms with van der Waals surface area (Å²) in [5.74, 6) is 0.759. The maximum atomic E-state index is 5.85. The molecule has 0 aromatic heterocycles. The fourth-order valence-electron chi connectivity index (χ4n) is 1.32. The largest absolute Gasteiger partial charge is 0.372 e. The first-order chi connectivity index (χ1) is 5.03. The van der Waals surface area contributed by atoms with Crippen LogP contribution >= 0.6 is 15.9 Å². The van der Waals surface area contributed by atoms with Crippen LogP contribution in [0, 0.1) is 5.92 Å². The average molecular weight is 221 g/mol. The fourth-order valence-corrected chi connectivity index (χ4v) is 2.06. The van der Waals surface area contributed by atoms with E-state index in [1.165, 1.54) is 12.8 Å². The standard InChI is InChI=1S/C9H17BrO/c1-9(2,3)11-8-5-4-7(8)6-10/h7-8H,4-6H2,1-3H3/t7-,8+/m0/s1. The molecule has 0 radical (unpaired) electrons. The Morgan fingerprint density at radius 1 is 1.36 bits per heavy atom. The van der Waals surface area contributed by atoms with Crippen LogP contribution in [0.25, 0.3) is 0 Å². The Bertz CT molecular complexity index is 126. The van der Waals surface area contributed by atoms with Crippen LogP contribution in [-0.2, 0) is 4.74 Å². The lowest BCUT2D eigenvalue weighted by Gasteiger charge is -2.39. The molecule has 66 valence electrons. The summed E-state index contributed by atoms with van der Waals surface area (Å²) in [4.78, 5) is 0. The monoisotopic (exact) mass is 220 g/mol. The maximum Gasteiger partial charge on any atom is 0.0618 e. The van der Waals surface area contributed by atoms with E-state index < -0.39 is 0 Å². The van der Waals surface area contributed by atoms with Crippen molar-refractivity contribution < 1.29 is 4.74 Å². The van der Waals surface area contributed by atoms with Crippen molar-refractivity contribution in [2.45, 2.75) is 45.3 Å². The van der Waals surface area contributed by atoms with E-state index >= 15 is 0 Å². The van der Waals surface area contributed by atoms with Crippen molar-refractivity contribution >= 4 is 15.9 Å². The van der Waals surface area contributed by atoms with Gasteiger partial charge in [-0.05, 0) is 39.5 Å². The molecule has 0 aromatic rings. The summed E-state index contributed by atoms with van der Waals surface area (Å²) in [5.41, 5.74) is 0.0332. The third-order valence-corrected chi connectivity index (χ3v) is 2.88. The molecule has 0 amide bonds. The summed E-state index contributed by atoms with van der Waals surface area (Å²) in [5, 5.41) is 1.09. The molecule has 0 saturated heterocycles. The molecule has 0 heterocycles. The predicted octanol–water partition coefficient (Wildman–Crippen LogP) is 2.98. The van der Waals surface area contributed by atoms with E-state index in [0.29, 0.717) is 6.10 Å². The van der Waals surface area contributed by atoms with Gasteiger partial charge in [0.2, 0.25) is 0 Å². The van der Waals surface area contributed by atoms with Gasteiger partial charge in [-0.1, -0.05) is 15.9 Å². The van der Waals surface area contributed by atoms with Crippen molar-refractivity contribution in [2.24, 2.45) is 5.92 Å². The lowest BCUT2D eigenvalue weighted by molar-refractivity contribution is -0.118. The number of alkyl halides is 1. The van der Waals surface area contributed by atoms with Gasteiger partial charge in [-0.2, -0.15) is 0 Å². The van der Waals surface area contributed by atoms with Gasteiger partial charge in [-0.3, -0.25) is 0 Å². The van der Waals surface area contributed by atoms with Gasteiger partial charge in [0.15, 0.2) is 0 Å². The zero-order chi connectivity index (χ0) is 8.48. The minimum absolute atomic E-state index is 0.0332. The SMILES string of the molecule is CC(C)(C)O[C@@H]1CC[C@H]1CBr. The van der Waals surface area contributed by atoms with E-state index in [1.54, 1.807) is 0 Å². The van der Waals surface area contributed by atoms with Gasteiger partial charge < -0.3 is 4.74 Å². The molecule has 1 fully saturated rings. The van der Waals surface area contributed by atoms with Crippen LogP contribution < -0.4 is 0 Å². The Morgan fingerprint density at radius 3 is 2.27 bits per heavy atom. The minimum atomic E-state index is 0.0332. The van der Waals surface area contributed by atoms with E-state index in [-0.39, 0.29) is 5.60 Å². The van der Waals surface area contributed by atoms with E-state index in [2.05, 4.69) is 36.7 Å². The molecule has 1 rings (SSSR count). The minimum Gasteiger partial charge on any atom is -0.372 e. The van der Waals surface area contributed by atoms with Crippen LogP contribution in [0.2, 0.25) is 0 Å². The van der Waals surface area contributed by atoms with Gasteiger partial charge in [-0.25, -0.2) is 0 Å². The highest BCUT2D eigenvalue weighted by Gasteiger charge is 2.33. The van der Waals surface area contributed by atoms with Crippen molar-refractivity contribution in [2.75, 3.05) is 5.33 Å². The van der Waals surface area contributed by atoms with Crippen LogP contribution in [0.15, 0.2) is 0 Å². The quantitative estimate of drug-likeness (QED) is 0.651. The van der Waals surface area contributed by atoms with Crippen molar-refractivity contribution in [1.29, 1.82) is 0 Å². The molecule has 1 aliphatic rings. The zero-order valence-corrected chi connectivity index (χ0v) is 9.15. The molecule has 1 nitrogen and oxygen atoms in total. The molecule has 0 spiro atoms. The lowest BCUT2D eigenvalue weighted by atomic mass is 9.83. The summed E-state index contributed by atoms with van der Waals surface area (Å²) in [6.45, 7) is 6.36. The fraction of sp³-hybridized carbons (Fsp3) is 1.00. The van der Waals surface area contributed by atoms with Crippen molar-refractivity contribution in [1.82, 2.24) is 0 Å². The first-order valence-electron chi connectivity index (χ1n) is 4.27. The number of ether oxygens (including phenoxy) is 1. The molecule has 1 saturated carbocycles. The van der Waals surface area contributed by atoms with Gasteiger partial charge in [-0.15, -0.1) is 0 Å². The molecule has 0 bridgehead atoms. The second-order valence-corrected chi connectivity index (χ2v) is 4.91. The van der Waals surface area contributed by atoms with E-state index in [4.69, 9.17) is 4.74 Å². The number of hydrogen-bond acceptors (Lipinski definition) is 1. The molecule has 0 aromatic carbocycles. The normalized spacial score (nSPS) is 31.6. The Labute approximate surface area is 77.6 Å². The number of rotatable bonds is 2. The van der Waals surface area contributed by atoms with Gasteiger partial charge in [0, 0.05) is 5.33 Å². The van der Waals surface area contributed by atoms with Gasteiger partial charge in [0.25, 0.3) is 0 Å². The zero-order valence-electron chi connectivity index (χ0n) is 7.56. The molecular weight excluding hydrogens is 204 g/mol. The molecule has 0 N–H and O–H groups in total. The Hall–Kier alpha value is 0.440. The van der Waals surface area contributed by atoms with Crippen molar-refractivity contribution in [3.05, 3.63) is 0 Å². The summed E-state index contributed by atoms with van der Waals surface area (Å²) >= 11 is 3.49. The summed E-state index contributed by atoms with van der Waals surface area (Å²) in [6, 6.07) is 0. The maximum absolute atomic E-state index is 5.85. The van der Waals surface area contributed by atoms with Crippen LogP contribution in [0.4, 0.5) is 0 Å². The summed E-state index contributed by atoms with van der Waals surface area (Å²) < 4.78 is 5.85. The highest BCUT2D eigenvalue weighted by molar-refractivity contribution is 9.09. The van der Waals surface area contributed by atoms with Gasteiger partial charge >= 0.3 is 0 Å². The first-order valence-corrected chi connectivity index (χ1v) is 5.39. The average Bonchev–Trinajstić information content (AvgIpc) is 1.80.